The number of carbonyl (C=O) groups excluding carboxylic acids is 1. The summed E-state index contributed by atoms with van der Waals surface area (Å²) >= 11 is 0. The number of aromatic nitrogens is 4. The van der Waals surface area contributed by atoms with Crippen molar-refractivity contribution in [3.8, 4) is 0 Å². The molecule has 2 N–H and O–H groups in total. The van der Waals surface area contributed by atoms with E-state index in [2.05, 4.69) is 9.97 Å². The topological polar surface area (TPSA) is 130 Å². The van der Waals surface area contributed by atoms with Crippen molar-refractivity contribution in [3.05, 3.63) is 73.0 Å². The van der Waals surface area contributed by atoms with Gasteiger partial charge in [-0.1, -0.05) is 12.1 Å². The van der Waals surface area contributed by atoms with Gasteiger partial charge in [0.15, 0.2) is 0 Å². The summed E-state index contributed by atoms with van der Waals surface area (Å²) in [5.41, 5.74) is -1.23. The van der Waals surface area contributed by atoms with Gasteiger partial charge in [0.05, 0.1) is 30.1 Å². The molecule has 1 fully saturated rings. The summed E-state index contributed by atoms with van der Waals surface area (Å²) in [6, 6.07) is 6.38. The Balaban J connectivity index is 1.83. The van der Waals surface area contributed by atoms with Crippen molar-refractivity contribution in [3.63, 3.8) is 0 Å². The van der Waals surface area contributed by atoms with Gasteiger partial charge in [0.25, 0.3) is 17.0 Å². The van der Waals surface area contributed by atoms with E-state index in [0.29, 0.717) is 36.1 Å². The highest BCUT2D eigenvalue weighted by molar-refractivity contribution is 5.94. The predicted molar refractivity (Wildman–Crippen MR) is 108 cm³/mol. The molecule has 156 valence electrons. The number of amides is 1. The van der Waals surface area contributed by atoms with E-state index in [9.17, 15) is 24.3 Å². The van der Waals surface area contributed by atoms with Crippen LogP contribution in [-0.4, -0.2) is 48.2 Å². The molecule has 1 aliphatic heterocycles. The number of carbonyl (C=O) groups is 1. The highest BCUT2D eigenvalue weighted by Crippen LogP contribution is 2.32. The van der Waals surface area contributed by atoms with Crippen LogP contribution >= 0.6 is 0 Å². The minimum atomic E-state index is -0.686. The average Bonchev–Trinajstić information content (AvgIpc) is 3.23. The molecule has 0 aliphatic carbocycles. The van der Waals surface area contributed by atoms with Crippen molar-refractivity contribution in [2.45, 2.75) is 25.4 Å². The molecule has 30 heavy (non-hydrogen) atoms. The molecule has 0 bridgehead atoms. The van der Waals surface area contributed by atoms with Crippen LogP contribution in [0.4, 0.5) is 0 Å². The first-order valence-corrected chi connectivity index (χ1v) is 9.64. The molecule has 3 aromatic rings. The molecule has 0 radical (unpaired) electrons. The van der Waals surface area contributed by atoms with Crippen LogP contribution in [0.1, 0.15) is 35.1 Å². The number of benzene rings is 1. The predicted octanol–water partition coefficient (Wildman–Crippen LogP) is -0.247. The van der Waals surface area contributed by atoms with E-state index < -0.39 is 23.2 Å². The van der Waals surface area contributed by atoms with Crippen molar-refractivity contribution in [2.75, 3.05) is 13.2 Å². The zero-order valence-electron chi connectivity index (χ0n) is 16.4. The second-order valence-electron chi connectivity index (χ2n) is 7.20. The lowest BCUT2D eigenvalue weighted by Crippen LogP contribution is -2.41. The van der Waals surface area contributed by atoms with Crippen molar-refractivity contribution >= 4 is 16.8 Å². The number of aromatic amines is 1. The maximum atomic E-state index is 13.2. The van der Waals surface area contributed by atoms with Crippen LogP contribution in [0.25, 0.3) is 10.9 Å². The van der Waals surface area contributed by atoms with Gasteiger partial charge in [-0.15, -0.1) is 0 Å². The molecule has 0 spiro atoms. The molecule has 3 heterocycles. The van der Waals surface area contributed by atoms with Gasteiger partial charge < -0.3 is 15.0 Å². The number of likely N-dealkylation sites (tertiary alicyclic amines) is 1. The number of aliphatic hydroxyl groups is 1. The zero-order valence-corrected chi connectivity index (χ0v) is 16.4. The molecule has 1 saturated heterocycles. The second-order valence-corrected chi connectivity index (χ2v) is 7.20. The number of para-hydroxylation sites is 1. The Morgan fingerprint density at radius 3 is 2.77 bits per heavy atom. The lowest BCUT2D eigenvalue weighted by atomic mass is 10.1. The van der Waals surface area contributed by atoms with Gasteiger partial charge in [-0.3, -0.25) is 23.5 Å². The van der Waals surface area contributed by atoms with Gasteiger partial charge in [-0.2, -0.15) is 0 Å². The molecule has 1 amide bonds. The van der Waals surface area contributed by atoms with Crippen LogP contribution in [0, 0.1) is 0 Å². The monoisotopic (exact) mass is 411 g/mol. The minimum Gasteiger partial charge on any atom is -0.395 e. The van der Waals surface area contributed by atoms with Crippen molar-refractivity contribution in [1.82, 2.24) is 24.0 Å². The fourth-order valence-electron chi connectivity index (χ4n) is 3.91. The van der Waals surface area contributed by atoms with E-state index in [1.807, 2.05) is 0 Å². The molecule has 1 aromatic carbocycles. The van der Waals surface area contributed by atoms with Gasteiger partial charge in [-0.05, 0) is 25.0 Å². The van der Waals surface area contributed by atoms with Crippen LogP contribution in [-0.2, 0) is 13.6 Å². The van der Waals surface area contributed by atoms with Crippen LogP contribution in [0.2, 0.25) is 0 Å². The summed E-state index contributed by atoms with van der Waals surface area (Å²) in [6.07, 6.45) is 2.35. The van der Waals surface area contributed by atoms with Gasteiger partial charge in [0.1, 0.15) is 11.4 Å². The summed E-state index contributed by atoms with van der Waals surface area (Å²) in [5, 5.41) is 9.91. The summed E-state index contributed by atoms with van der Waals surface area (Å²) in [7, 11) is 1.29. The fourth-order valence-corrected chi connectivity index (χ4v) is 3.91. The molecule has 1 aliphatic rings. The third-order valence-electron chi connectivity index (χ3n) is 5.44. The quantitative estimate of drug-likeness (QED) is 0.609. The molecule has 0 saturated carbocycles. The van der Waals surface area contributed by atoms with Gasteiger partial charge in [-0.25, -0.2) is 9.78 Å². The molecular weight excluding hydrogens is 390 g/mol. The Bertz CT molecular complexity index is 1310. The molecule has 10 nitrogen and oxygen atoms in total. The molecule has 4 rings (SSSR count). The Labute approximate surface area is 170 Å². The highest BCUT2D eigenvalue weighted by atomic mass is 16.3. The van der Waals surface area contributed by atoms with E-state index in [4.69, 9.17) is 0 Å². The van der Waals surface area contributed by atoms with Crippen LogP contribution in [0.5, 0.6) is 0 Å². The third-order valence-corrected chi connectivity index (χ3v) is 5.44. The van der Waals surface area contributed by atoms with E-state index in [1.165, 1.54) is 16.5 Å². The zero-order chi connectivity index (χ0) is 21.4. The lowest BCUT2D eigenvalue weighted by molar-refractivity contribution is 0.0722. The van der Waals surface area contributed by atoms with Gasteiger partial charge >= 0.3 is 5.69 Å². The van der Waals surface area contributed by atoms with Crippen molar-refractivity contribution in [1.29, 1.82) is 0 Å². The lowest BCUT2D eigenvalue weighted by Gasteiger charge is -2.26. The number of fused-ring (bicyclic) bond motifs is 1. The molecule has 10 heteroatoms. The third kappa shape index (κ3) is 3.14. The Morgan fingerprint density at radius 2 is 2.00 bits per heavy atom. The van der Waals surface area contributed by atoms with Crippen LogP contribution in [0.15, 0.2) is 44.8 Å². The average molecular weight is 411 g/mol. The first kappa shape index (κ1) is 19.8. The van der Waals surface area contributed by atoms with E-state index in [-0.39, 0.29) is 24.3 Å². The number of H-pyrrole nitrogens is 1. The molecule has 1 unspecified atom stereocenters. The molecule has 2 aromatic heterocycles. The maximum Gasteiger partial charge on any atom is 0.328 e. The smallest absolute Gasteiger partial charge is 0.328 e. The summed E-state index contributed by atoms with van der Waals surface area (Å²) in [4.78, 5) is 58.7. The van der Waals surface area contributed by atoms with E-state index in [1.54, 1.807) is 24.3 Å². The van der Waals surface area contributed by atoms with E-state index in [0.717, 1.165) is 10.8 Å². The number of aliphatic hydroxyl groups excluding tert-OH is 1. The Kier molecular flexibility index (Phi) is 5.08. The fraction of sp³-hybridized carbons (Fsp3) is 0.350. The SMILES string of the molecule is Cn1c(=O)[nH]cc(C(=O)N2CCCC2c2nc3ccccc3c(=O)n2CCO)c1=O. The second kappa shape index (κ2) is 7.71. The van der Waals surface area contributed by atoms with Gasteiger partial charge in [0, 0.05) is 19.8 Å². The summed E-state index contributed by atoms with van der Waals surface area (Å²) < 4.78 is 2.23. The van der Waals surface area contributed by atoms with Gasteiger partial charge in [0.2, 0.25) is 0 Å². The number of rotatable bonds is 4. The van der Waals surface area contributed by atoms with Crippen LogP contribution < -0.4 is 16.8 Å². The Morgan fingerprint density at radius 1 is 1.23 bits per heavy atom. The van der Waals surface area contributed by atoms with Crippen molar-refractivity contribution < 1.29 is 9.90 Å². The standard InChI is InChI=1S/C20H21N5O5/c1-23-17(27)13(11-21-20(23)30)19(29)24-8-4-7-15(24)16-22-14-6-3-2-5-12(14)18(28)25(16)9-10-26/h2-3,5-6,11,15,26H,4,7-10H2,1H3,(H,21,30). The maximum absolute atomic E-state index is 13.2. The number of nitrogens with one attached hydrogen (secondary N) is 1. The summed E-state index contributed by atoms with van der Waals surface area (Å²) in [5.74, 6) is -0.160. The Hall–Kier alpha value is -3.53. The van der Waals surface area contributed by atoms with E-state index >= 15 is 0 Å². The number of hydrogen-bond acceptors (Lipinski definition) is 6. The molecular formula is C20H21N5O5. The first-order valence-electron chi connectivity index (χ1n) is 9.64. The highest BCUT2D eigenvalue weighted by Gasteiger charge is 2.35. The largest absolute Gasteiger partial charge is 0.395 e. The molecule has 1 atom stereocenters. The normalized spacial score (nSPS) is 16.3. The van der Waals surface area contributed by atoms with Crippen molar-refractivity contribution in [2.24, 2.45) is 7.05 Å². The number of hydrogen-bond donors (Lipinski definition) is 2. The summed E-state index contributed by atoms with van der Waals surface area (Å²) in [6.45, 7) is 0.173. The van der Waals surface area contributed by atoms with Crippen LogP contribution in [0.3, 0.4) is 0 Å². The first-order chi connectivity index (χ1) is 14.4. The minimum absolute atomic E-state index is 0.0466. The number of nitrogens with zero attached hydrogens (tertiary/aromatic N) is 4.